The number of rotatable bonds is 8. The third kappa shape index (κ3) is 5.35. The van der Waals surface area contributed by atoms with Crippen LogP contribution in [0.5, 0.6) is 0 Å². The molecule has 0 aliphatic heterocycles. The van der Waals surface area contributed by atoms with Crippen LogP contribution in [0.15, 0.2) is 15.5 Å². The van der Waals surface area contributed by atoms with Gasteiger partial charge in [0.15, 0.2) is 0 Å². The van der Waals surface area contributed by atoms with Crippen molar-refractivity contribution in [2.24, 2.45) is 5.92 Å². The summed E-state index contributed by atoms with van der Waals surface area (Å²) in [5.74, 6) is 2.94. The number of nitrogens with one attached hydrogen (secondary N) is 1. The Morgan fingerprint density at radius 2 is 2.35 bits per heavy atom. The van der Waals surface area contributed by atoms with Gasteiger partial charge in [0.05, 0.1) is 11.9 Å². The van der Waals surface area contributed by atoms with E-state index in [1.54, 1.807) is 6.20 Å². The van der Waals surface area contributed by atoms with E-state index in [0.29, 0.717) is 22.7 Å². The Hall–Kier alpha value is -1.32. The molecule has 1 N–H and O–H groups in total. The summed E-state index contributed by atoms with van der Waals surface area (Å²) in [6.45, 7) is 6.59. The molecule has 0 fully saturated rings. The van der Waals surface area contributed by atoms with Crippen LogP contribution in [0.1, 0.15) is 20.3 Å². The molecule has 6 heteroatoms. The molecule has 1 rings (SSSR count). The molecule has 1 heterocycles. The van der Waals surface area contributed by atoms with E-state index in [9.17, 15) is 4.79 Å². The van der Waals surface area contributed by atoms with Crippen molar-refractivity contribution in [2.45, 2.75) is 26.8 Å². The molecule has 0 aliphatic rings. The largest absolute Gasteiger partial charge is 0.383 e. The van der Waals surface area contributed by atoms with Gasteiger partial charge in [-0.25, -0.2) is 4.68 Å². The van der Waals surface area contributed by atoms with Crippen LogP contribution >= 0.6 is 15.9 Å². The first-order valence-corrected chi connectivity index (χ1v) is 7.36. The zero-order valence-electron chi connectivity index (χ0n) is 11.9. The van der Waals surface area contributed by atoms with Crippen LogP contribution in [0, 0.1) is 18.3 Å². The van der Waals surface area contributed by atoms with Crippen LogP contribution in [0.3, 0.4) is 0 Å². The van der Waals surface area contributed by atoms with E-state index >= 15 is 0 Å². The first-order chi connectivity index (χ1) is 9.56. The van der Waals surface area contributed by atoms with Crippen molar-refractivity contribution in [3.05, 3.63) is 21.0 Å². The van der Waals surface area contributed by atoms with Crippen LogP contribution in [-0.2, 0) is 11.3 Å². The summed E-state index contributed by atoms with van der Waals surface area (Å²) in [5.41, 5.74) is 0.441. The number of anilines is 1. The summed E-state index contributed by atoms with van der Waals surface area (Å²) in [6, 6.07) is 0. The maximum Gasteiger partial charge on any atom is 0.284 e. The normalized spacial score (nSPS) is 10.6. The third-order valence-electron chi connectivity index (χ3n) is 2.46. The Bertz CT molecular complexity index is 520. The number of ether oxygens (including phenoxy) is 1. The van der Waals surface area contributed by atoms with Gasteiger partial charge < -0.3 is 10.1 Å². The first kappa shape index (κ1) is 16.7. The van der Waals surface area contributed by atoms with E-state index in [1.807, 2.05) is 0 Å². The molecule has 0 atom stereocenters. The van der Waals surface area contributed by atoms with E-state index < -0.39 is 0 Å². The summed E-state index contributed by atoms with van der Waals surface area (Å²) in [6.07, 6.45) is 7.63. The number of aromatic nitrogens is 2. The van der Waals surface area contributed by atoms with Crippen molar-refractivity contribution in [1.29, 1.82) is 0 Å². The monoisotopic (exact) mass is 341 g/mol. The molecule has 0 saturated heterocycles. The Morgan fingerprint density at radius 1 is 1.60 bits per heavy atom. The molecule has 0 radical (unpaired) electrons. The SMILES string of the molecule is C#CCn1ncc(NCCCOCC(C)C)c(Br)c1=O. The molecule has 20 heavy (non-hydrogen) atoms. The van der Waals surface area contributed by atoms with Gasteiger partial charge in [-0.05, 0) is 28.3 Å². The number of nitrogens with zero attached hydrogens (tertiary/aromatic N) is 2. The van der Waals surface area contributed by atoms with Crippen LogP contribution in [-0.4, -0.2) is 29.5 Å². The highest BCUT2D eigenvalue weighted by Crippen LogP contribution is 2.15. The molecule has 0 spiro atoms. The van der Waals surface area contributed by atoms with Crippen molar-refractivity contribution in [3.8, 4) is 12.3 Å². The molecule has 0 bridgehead atoms. The number of halogens is 1. The average Bonchev–Trinajstić information content (AvgIpc) is 2.41. The highest BCUT2D eigenvalue weighted by atomic mass is 79.9. The van der Waals surface area contributed by atoms with Gasteiger partial charge in [0.1, 0.15) is 11.0 Å². The Morgan fingerprint density at radius 3 is 3.00 bits per heavy atom. The predicted octanol–water partition coefficient (Wildman–Crippen LogP) is 2.11. The Balaban J connectivity index is 2.44. The molecule has 0 amide bonds. The lowest BCUT2D eigenvalue weighted by Crippen LogP contribution is -2.24. The van der Waals surface area contributed by atoms with Crippen molar-refractivity contribution < 1.29 is 4.74 Å². The molecular weight excluding hydrogens is 322 g/mol. The summed E-state index contributed by atoms with van der Waals surface area (Å²) in [5, 5.41) is 7.16. The second-order valence-corrected chi connectivity index (χ2v) is 5.58. The molecule has 0 saturated carbocycles. The zero-order valence-corrected chi connectivity index (χ0v) is 13.4. The molecule has 1 aromatic rings. The van der Waals surface area contributed by atoms with Crippen LogP contribution in [0.4, 0.5) is 5.69 Å². The van der Waals surface area contributed by atoms with Gasteiger partial charge in [0.2, 0.25) is 0 Å². The average molecular weight is 342 g/mol. The molecular formula is C14H20BrN3O2. The van der Waals surface area contributed by atoms with E-state index in [2.05, 4.69) is 46.1 Å². The van der Waals surface area contributed by atoms with Gasteiger partial charge in [0.25, 0.3) is 5.56 Å². The lowest BCUT2D eigenvalue weighted by molar-refractivity contribution is 0.110. The fraction of sp³-hybridized carbons (Fsp3) is 0.571. The lowest BCUT2D eigenvalue weighted by atomic mass is 10.2. The third-order valence-corrected chi connectivity index (χ3v) is 3.22. The first-order valence-electron chi connectivity index (χ1n) is 6.57. The molecule has 1 aromatic heterocycles. The second-order valence-electron chi connectivity index (χ2n) is 4.79. The number of terminal acetylenes is 1. The van der Waals surface area contributed by atoms with Crippen LogP contribution in [0.25, 0.3) is 0 Å². The molecule has 0 aromatic carbocycles. The predicted molar refractivity (Wildman–Crippen MR) is 83.8 cm³/mol. The smallest absolute Gasteiger partial charge is 0.284 e. The zero-order chi connectivity index (χ0) is 15.0. The fourth-order valence-corrected chi connectivity index (χ4v) is 1.95. The van der Waals surface area contributed by atoms with Gasteiger partial charge in [-0.15, -0.1) is 6.42 Å². The Kier molecular flexibility index (Phi) is 7.34. The minimum atomic E-state index is -0.232. The number of hydrogen-bond donors (Lipinski definition) is 1. The standard InChI is InChI=1S/C14H20BrN3O2/c1-4-7-18-14(19)13(15)12(9-17-18)16-6-5-8-20-10-11(2)3/h1,9,11,16H,5-8,10H2,2-3H3. The summed E-state index contributed by atoms with van der Waals surface area (Å²) >= 11 is 3.27. The van der Waals surface area contributed by atoms with Crippen molar-refractivity contribution >= 4 is 21.6 Å². The van der Waals surface area contributed by atoms with Gasteiger partial charge in [-0.3, -0.25) is 4.79 Å². The van der Waals surface area contributed by atoms with Gasteiger partial charge in [-0.1, -0.05) is 19.8 Å². The molecule has 0 unspecified atom stereocenters. The highest BCUT2D eigenvalue weighted by Gasteiger charge is 2.07. The summed E-state index contributed by atoms with van der Waals surface area (Å²) < 4.78 is 7.17. The maximum absolute atomic E-state index is 11.9. The Labute approximate surface area is 127 Å². The second kappa shape index (κ2) is 8.77. The van der Waals surface area contributed by atoms with E-state index in [1.165, 1.54) is 4.68 Å². The van der Waals surface area contributed by atoms with Crippen LogP contribution in [0.2, 0.25) is 0 Å². The van der Waals surface area contributed by atoms with E-state index in [-0.39, 0.29) is 12.1 Å². The molecule has 5 nitrogen and oxygen atoms in total. The van der Waals surface area contributed by atoms with Crippen molar-refractivity contribution in [1.82, 2.24) is 9.78 Å². The van der Waals surface area contributed by atoms with Crippen molar-refractivity contribution in [3.63, 3.8) is 0 Å². The summed E-state index contributed by atoms with van der Waals surface area (Å²) in [7, 11) is 0. The van der Waals surface area contributed by atoms with Gasteiger partial charge in [0, 0.05) is 19.8 Å². The minimum Gasteiger partial charge on any atom is -0.383 e. The highest BCUT2D eigenvalue weighted by molar-refractivity contribution is 9.10. The molecule has 0 aliphatic carbocycles. The molecule has 110 valence electrons. The van der Waals surface area contributed by atoms with E-state index in [0.717, 1.165) is 19.6 Å². The maximum atomic E-state index is 11.9. The van der Waals surface area contributed by atoms with E-state index in [4.69, 9.17) is 11.2 Å². The fourth-order valence-electron chi connectivity index (χ4n) is 1.50. The van der Waals surface area contributed by atoms with Gasteiger partial charge >= 0.3 is 0 Å². The van der Waals surface area contributed by atoms with Crippen molar-refractivity contribution in [2.75, 3.05) is 25.1 Å². The quantitative estimate of drug-likeness (QED) is 0.581. The van der Waals surface area contributed by atoms with Gasteiger partial charge in [-0.2, -0.15) is 5.10 Å². The topological polar surface area (TPSA) is 56.1 Å². The lowest BCUT2D eigenvalue weighted by Gasteiger charge is -2.10. The minimum absolute atomic E-state index is 0.167. The summed E-state index contributed by atoms with van der Waals surface area (Å²) in [4.78, 5) is 11.9. The van der Waals surface area contributed by atoms with Crippen LogP contribution < -0.4 is 10.9 Å². The number of hydrogen-bond acceptors (Lipinski definition) is 4.